The van der Waals surface area contributed by atoms with Crippen LogP contribution in [-0.2, 0) is 6.42 Å². The van der Waals surface area contributed by atoms with Gasteiger partial charge in [-0.15, -0.1) is 0 Å². The van der Waals surface area contributed by atoms with Gasteiger partial charge in [0.25, 0.3) is 5.71 Å². The molecular weight excluding hydrogens is 252 g/mol. The number of nitrogens with one attached hydrogen (secondary N) is 1. The van der Waals surface area contributed by atoms with Crippen molar-refractivity contribution in [1.29, 1.82) is 0 Å². The quantitative estimate of drug-likeness (QED) is 0.787. The van der Waals surface area contributed by atoms with Crippen molar-refractivity contribution < 1.29 is 4.52 Å². The highest BCUT2D eigenvalue weighted by Crippen LogP contribution is 2.27. The normalized spacial score (nSPS) is 10.9. The number of fused-ring (bicyclic) bond motifs is 1. The smallest absolute Gasteiger partial charge is 0.263 e. The van der Waals surface area contributed by atoms with Crippen molar-refractivity contribution in [2.75, 3.05) is 5.32 Å². The van der Waals surface area contributed by atoms with Crippen LogP contribution in [0.2, 0.25) is 0 Å². The summed E-state index contributed by atoms with van der Waals surface area (Å²) >= 11 is 0. The molecule has 3 aromatic rings. The molecule has 0 aliphatic carbocycles. The molecule has 0 unspecified atom stereocenters. The molecule has 2 aromatic heterocycles. The second kappa shape index (κ2) is 4.92. The van der Waals surface area contributed by atoms with Gasteiger partial charge in [-0.2, -0.15) is 4.98 Å². The Balaban J connectivity index is 2.08. The second-order valence-corrected chi connectivity index (χ2v) is 4.83. The molecule has 0 aliphatic heterocycles. The van der Waals surface area contributed by atoms with E-state index in [9.17, 15) is 0 Å². The fourth-order valence-electron chi connectivity index (χ4n) is 2.26. The molecule has 1 N–H and O–H groups in total. The molecule has 3 rings (SSSR count). The van der Waals surface area contributed by atoms with Gasteiger partial charge in [-0.25, -0.2) is 4.98 Å². The topological polar surface area (TPSA) is 63.8 Å². The molecule has 0 atom stereocenters. The summed E-state index contributed by atoms with van der Waals surface area (Å²) in [5, 5.41) is 8.24. The molecule has 0 fully saturated rings. The number of hydrogen-bond acceptors (Lipinski definition) is 5. The maximum absolute atomic E-state index is 5.23. The molecule has 2 heterocycles. The monoisotopic (exact) mass is 268 g/mol. The minimum atomic E-state index is 0.518. The Bertz CT molecular complexity index is 764. The highest BCUT2D eigenvalue weighted by atomic mass is 16.5. The van der Waals surface area contributed by atoms with Gasteiger partial charge in [-0.3, -0.25) is 0 Å². The van der Waals surface area contributed by atoms with Crippen LogP contribution in [-0.4, -0.2) is 15.1 Å². The number of hydrogen-bond donors (Lipinski definition) is 1. The molecular formula is C15H16N4O. The summed E-state index contributed by atoms with van der Waals surface area (Å²) in [4.78, 5) is 8.43. The average molecular weight is 268 g/mol. The van der Waals surface area contributed by atoms with Crippen molar-refractivity contribution in [2.45, 2.75) is 27.2 Å². The SMILES string of the molecule is CCc1noc2ncnc(Nc3ccc(C)cc3C)c12. The maximum Gasteiger partial charge on any atom is 0.263 e. The fraction of sp³-hybridized carbons (Fsp3) is 0.267. The fourth-order valence-corrected chi connectivity index (χ4v) is 2.26. The molecule has 5 heteroatoms. The van der Waals surface area contributed by atoms with E-state index in [1.165, 1.54) is 17.5 Å². The van der Waals surface area contributed by atoms with Crippen molar-refractivity contribution in [3.8, 4) is 0 Å². The van der Waals surface area contributed by atoms with E-state index in [4.69, 9.17) is 4.52 Å². The van der Waals surface area contributed by atoms with Crippen LogP contribution >= 0.6 is 0 Å². The Hall–Kier alpha value is -2.43. The average Bonchev–Trinajstić information content (AvgIpc) is 2.86. The number of aromatic nitrogens is 3. The Kier molecular flexibility index (Phi) is 3.10. The zero-order chi connectivity index (χ0) is 14.1. The third-order valence-corrected chi connectivity index (χ3v) is 3.31. The van der Waals surface area contributed by atoms with Gasteiger partial charge in [0, 0.05) is 5.69 Å². The molecule has 20 heavy (non-hydrogen) atoms. The second-order valence-electron chi connectivity index (χ2n) is 4.83. The molecule has 0 radical (unpaired) electrons. The van der Waals surface area contributed by atoms with E-state index < -0.39 is 0 Å². The molecule has 1 aromatic carbocycles. The molecule has 102 valence electrons. The lowest BCUT2D eigenvalue weighted by Crippen LogP contribution is -1.98. The lowest BCUT2D eigenvalue weighted by Gasteiger charge is -2.10. The third kappa shape index (κ3) is 2.11. The Morgan fingerprint density at radius 3 is 2.80 bits per heavy atom. The van der Waals surface area contributed by atoms with E-state index >= 15 is 0 Å². The van der Waals surface area contributed by atoms with E-state index in [-0.39, 0.29) is 0 Å². The minimum Gasteiger partial charge on any atom is -0.339 e. The highest BCUT2D eigenvalue weighted by molar-refractivity contribution is 5.89. The number of anilines is 2. The molecule has 0 saturated heterocycles. The number of nitrogens with zero attached hydrogens (tertiary/aromatic N) is 3. The van der Waals surface area contributed by atoms with Crippen LogP contribution in [0.5, 0.6) is 0 Å². The first-order valence-electron chi connectivity index (χ1n) is 6.62. The van der Waals surface area contributed by atoms with Gasteiger partial charge in [0.05, 0.1) is 5.69 Å². The minimum absolute atomic E-state index is 0.518. The van der Waals surface area contributed by atoms with Crippen LogP contribution in [0.3, 0.4) is 0 Å². The van der Waals surface area contributed by atoms with E-state index in [1.807, 2.05) is 6.92 Å². The zero-order valence-electron chi connectivity index (χ0n) is 11.8. The van der Waals surface area contributed by atoms with Gasteiger partial charge < -0.3 is 9.84 Å². The first kappa shape index (κ1) is 12.6. The summed E-state index contributed by atoms with van der Waals surface area (Å²) in [6.07, 6.45) is 2.26. The van der Waals surface area contributed by atoms with Crippen molar-refractivity contribution in [1.82, 2.24) is 15.1 Å². The molecule has 0 saturated carbocycles. The Morgan fingerprint density at radius 1 is 1.20 bits per heavy atom. The van der Waals surface area contributed by atoms with Gasteiger partial charge in [0.1, 0.15) is 17.5 Å². The summed E-state index contributed by atoms with van der Waals surface area (Å²) < 4.78 is 5.23. The van der Waals surface area contributed by atoms with Gasteiger partial charge in [-0.05, 0) is 31.9 Å². The predicted octanol–water partition coefficient (Wildman–Crippen LogP) is 3.54. The van der Waals surface area contributed by atoms with Gasteiger partial charge in [-0.1, -0.05) is 29.8 Å². The summed E-state index contributed by atoms with van der Waals surface area (Å²) in [6, 6.07) is 6.26. The number of aryl methyl sites for hydroxylation is 3. The predicted molar refractivity (Wildman–Crippen MR) is 78.2 cm³/mol. The lowest BCUT2D eigenvalue weighted by molar-refractivity contribution is 0.439. The summed E-state index contributed by atoms with van der Waals surface area (Å²) in [7, 11) is 0. The first-order chi connectivity index (χ1) is 9.69. The summed E-state index contributed by atoms with van der Waals surface area (Å²) in [6.45, 7) is 6.18. The summed E-state index contributed by atoms with van der Waals surface area (Å²) in [5.74, 6) is 0.736. The molecule has 5 nitrogen and oxygen atoms in total. The van der Waals surface area contributed by atoms with E-state index in [2.05, 4.69) is 52.5 Å². The van der Waals surface area contributed by atoms with Crippen molar-refractivity contribution in [3.05, 3.63) is 41.3 Å². The first-order valence-corrected chi connectivity index (χ1v) is 6.62. The largest absolute Gasteiger partial charge is 0.339 e. The maximum atomic E-state index is 5.23. The van der Waals surface area contributed by atoms with Crippen LogP contribution in [0, 0.1) is 13.8 Å². The Labute approximate surface area is 117 Å². The van der Waals surface area contributed by atoms with E-state index in [1.54, 1.807) is 0 Å². The molecule has 0 aliphatic rings. The van der Waals surface area contributed by atoms with Crippen LogP contribution < -0.4 is 5.32 Å². The molecule has 0 spiro atoms. The number of benzene rings is 1. The number of rotatable bonds is 3. The zero-order valence-corrected chi connectivity index (χ0v) is 11.8. The standard InChI is InChI=1S/C15H16N4O/c1-4-11-13-14(16-8-17-15(13)20-19-11)18-12-6-5-9(2)7-10(12)3/h5-8H,4H2,1-3H3,(H,16,17,18). The van der Waals surface area contributed by atoms with Crippen LogP contribution in [0.25, 0.3) is 11.1 Å². The van der Waals surface area contributed by atoms with E-state index in [0.717, 1.165) is 29.0 Å². The van der Waals surface area contributed by atoms with Crippen molar-refractivity contribution >= 4 is 22.6 Å². The molecule has 0 amide bonds. The van der Waals surface area contributed by atoms with Crippen LogP contribution in [0.15, 0.2) is 29.0 Å². The third-order valence-electron chi connectivity index (χ3n) is 3.31. The van der Waals surface area contributed by atoms with Gasteiger partial charge in [0.2, 0.25) is 0 Å². The van der Waals surface area contributed by atoms with Gasteiger partial charge >= 0.3 is 0 Å². The van der Waals surface area contributed by atoms with Crippen molar-refractivity contribution in [2.24, 2.45) is 0 Å². The Morgan fingerprint density at radius 2 is 2.05 bits per heavy atom. The van der Waals surface area contributed by atoms with Crippen LogP contribution in [0.1, 0.15) is 23.7 Å². The van der Waals surface area contributed by atoms with Crippen LogP contribution in [0.4, 0.5) is 11.5 Å². The molecule has 0 bridgehead atoms. The highest BCUT2D eigenvalue weighted by Gasteiger charge is 2.14. The van der Waals surface area contributed by atoms with Crippen molar-refractivity contribution in [3.63, 3.8) is 0 Å². The van der Waals surface area contributed by atoms with Gasteiger partial charge in [0.15, 0.2) is 0 Å². The van der Waals surface area contributed by atoms with E-state index in [0.29, 0.717) is 5.71 Å². The lowest BCUT2D eigenvalue weighted by atomic mass is 10.1. The summed E-state index contributed by atoms with van der Waals surface area (Å²) in [5.41, 5.74) is 4.82.